The maximum atomic E-state index is 13.4. The third-order valence-electron chi connectivity index (χ3n) is 6.50. The fourth-order valence-corrected chi connectivity index (χ4v) is 4.55. The molecule has 3 aromatic rings. The number of primary amides is 1. The number of aromatic nitrogens is 2. The molecule has 0 unspecified atom stereocenters. The number of hydrogen-bond acceptors (Lipinski definition) is 5. The molecular formula is C23H23FN4O2. The lowest BCUT2D eigenvalue weighted by atomic mass is 9.90. The number of nitrogens with two attached hydrogens (primary N) is 1. The van der Waals surface area contributed by atoms with Gasteiger partial charge in [-0.2, -0.15) is 0 Å². The Hall–Kier alpha value is -3.06. The normalized spacial score (nSPS) is 20.4. The predicted octanol–water partition coefficient (Wildman–Crippen LogP) is 3.74. The van der Waals surface area contributed by atoms with Crippen LogP contribution >= 0.6 is 0 Å². The van der Waals surface area contributed by atoms with E-state index in [9.17, 15) is 9.18 Å². The average Bonchev–Trinajstić information content (AvgIpc) is 3.21. The first-order chi connectivity index (χ1) is 14.5. The highest BCUT2D eigenvalue weighted by atomic mass is 19.1. The molecule has 5 rings (SSSR count). The molecule has 1 spiro atoms. The van der Waals surface area contributed by atoms with E-state index in [0.29, 0.717) is 28.8 Å². The second-order valence-corrected chi connectivity index (χ2v) is 8.41. The first-order valence-electron chi connectivity index (χ1n) is 10.2. The molecule has 30 heavy (non-hydrogen) atoms. The third kappa shape index (κ3) is 3.61. The van der Waals surface area contributed by atoms with Crippen LogP contribution in [0.25, 0.3) is 11.5 Å². The van der Waals surface area contributed by atoms with Crippen LogP contribution in [0.5, 0.6) is 0 Å². The van der Waals surface area contributed by atoms with Gasteiger partial charge in [-0.05, 0) is 73.7 Å². The zero-order valence-electron chi connectivity index (χ0n) is 16.6. The van der Waals surface area contributed by atoms with Gasteiger partial charge in [-0.15, -0.1) is 10.2 Å². The van der Waals surface area contributed by atoms with E-state index in [1.54, 1.807) is 24.3 Å². The highest BCUT2D eigenvalue weighted by molar-refractivity contribution is 5.92. The quantitative estimate of drug-likeness (QED) is 0.698. The van der Waals surface area contributed by atoms with Gasteiger partial charge in [-0.1, -0.05) is 18.2 Å². The zero-order chi connectivity index (χ0) is 20.7. The number of nitrogens with zero attached hydrogens (tertiary/aromatic N) is 3. The van der Waals surface area contributed by atoms with Crippen molar-refractivity contribution in [2.45, 2.75) is 31.7 Å². The Morgan fingerprint density at radius 2 is 1.93 bits per heavy atom. The van der Waals surface area contributed by atoms with Gasteiger partial charge < -0.3 is 10.2 Å². The highest BCUT2D eigenvalue weighted by Gasteiger charge is 2.58. The van der Waals surface area contributed by atoms with Crippen molar-refractivity contribution in [3.8, 4) is 11.5 Å². The molecule has 1 aliphatic heterocycles. The molecule has 1 aliphatic carbocycles. The Morgan fingerprint density at radius 3 is 2.63 bits per heavy atom. The van der Waals surface area contributed by atoms with Crippen LogP contribution in [0, 0.1) is 11.2 Å². The van der Waals surface area contributed by atoms with Gasteiger partial charge in [0, 0.05) is 23.6 Å². The smallest absolute Gasteiger partial charge is 0.248 e. The summed E-state index contributed by atoms with van der Waals surface area (Å²) in [6, 6.07) is 13.7. The minimum absolute atomic E-state index is 0.248. The van der Waals surface area contributed by atoms with E-state index < -0.39 is 5.91 Å². The molecule has 6 nitrogen and oxygen atoms in total. The van der Waals surface area contributed by atoms with Crippen LogP contribution in [0.4, 0.5) is 4.39 Å². The Balaban J connectivity index is 1.19. The lowest BCUT2D eigenvalue weighted by molar-refractivity contribution is 0.1000. The molecule has 0 radical (unpaired) electrons. The first-order valence-corrected chi connectivity index (χ1v) is 10.2. The van der Waals surface area contributed by atoms with Crippen LogP contribution in [0.3, 0.4) is 0 Å². The summed E-state index contributed by atoms with van der Waals surface area (Å²) in [5.74, 6) is 0.632. The topological polar surface area (TPSA) is 85.3 Å². The van der Waals surface area contributed by atoms with Crippen molar-refractivity contribution in [2.75, 3.05) is 13.1 Å². The van der Waals surface area contributed by atoms with E-state index in [-0.39, 0.29) is 11.2 Å². The summed E-state index contributed by atoms with van der Waals surface area (Å²) < 4.78 is 19.3. The zero-order valence-corrected chi connectivity index (χ0v) is 16.6. The lowest BCUT2D eigenvalue weighted by Crippen LogP contribution is -2.34. The summed E-state index contributed by atoms with van der Waals surface area (Å²) in [7, 11) is 0. The second-order valence-electron chi connectivity index (χ2n) is 8.41. The van der Waals surface area contributed by atoms with Crippen molar-refractivity contribution in [3.63, 3.8) is 0 Å². The van der Waals surface area contributed by atoms with Gasteiger partial charge in [0.25, 0.3) is 0 Å². The maximum absolute atomic E-state index is 13.4. The number of carbonyl (C=O) groups excluding carboxylic acids is 1. The predicted molar refractivity (Wildman–Crippen MR) is 109 cm³/mol. The molecule has 2 N–H and O–H groups in total. The van der Waals surface area contributed by atoms with E-state index in [1.807, 2.05) is 12.1 Å². The van der Waals surface area contributed by atoms with Crippen LogP contribution in [-0.2, 0) is 6.54 Å². The molecule has 7 heteroatoms. The SMILES string of the molecule is NC(=O)c1ccc(CN2CCC3(CC2)C[C@H]3c2nnc(-c3cccc(F)c3)o2)cc1. The van der Waals surface area contributed by atoms with E-state index >= 15 is 0 Å². The molecule has 1 saturated heterocycles. The van der Waals surface area contributed by atoms with Gasteiger partial charge in [0.2, 0.25) is 17.7 Å². The Labute approximate surface area is 173 Å². The minimum Gasteiger partial charge on any atom is -0.420 e. The second kappa shape index (κ2) is 7.32. The minimum atomic E-state index is -0.400. The fraction of sp³-hybridized carbons (Fsp3) is 0.348. The molecule has 2 aromatic carbocycles. The molecule has 1 amide bonds. The van der Waals surface area contributed by atoms with Gasteiger partial charge in [0.15, 0.2) is 0 Å². The Morgan fingerprint density at radius 1 is 1.17 bits per heavy atom. The molecule has 2 heterocycles. The van der Waals surface area contributed by atoms with E-state index in [2.05, 4.69) is 15.1 Å². The molecule has 0 bridgehead atoms. The van der Waals surface area contributed by atoms with Crippen LogP contribution in [0.15, 0.2) is 52.9 Å². The highest BCUT2D eigenvalue weighted by Crippen LogP contribution is 2.64. The van der Waals surface area contributed by atoms with Crippen molar-refractivity contribution >= 4 is 5.91 Å². The number of likely N-dealkylation sites (tertiary alicyclic amines) is 1. The molecule has 1 atom stereocenters. The van der Waals surface area contributed by atoms with E-state index in [1.165, 1.54) is 17.7 Å². The lowest BCUT2D eigenvalue weighted by Gasteiger charge is -2.32. The summed E-state index contributed by atoms with van der Waals surface area (Å²) in [5, 5.41) is 8.38. The van der Waals surface area contributed by atoms with Crippen molar-refractivity contribution in [3.05, 3.63) is 71.4 Å². The summed E-state index contributed by atoms with van der Waals surface area (Å²) in [4.78, 5) is 13.6. The molecule has 2 aliphatic rings. The Bertz CT molecular complexity index is 1070. The van der Waals surface area contributed by atoms with Crippen LogP contribution < -0.4 is 5.73 Å². The standard InChI is InChI=1S/C23H23FN4O2/c24-18-3-1-2-17(12-18)21-26-27-22(30-21)19-13-23(19)8-10-28(11-9-23)14-15-4-6-16(7-5-15)20(25)29/h1-7,12,19H,8-11,13-14H2,(H2,25,29)/t19-/m0/s1. The summed E-state index contributed by atoms with van der Waals surface area (Å²) in [6.45, 7) is 2.89. The van der Waals surface area contributed by atoms with Crippen molar-refractivity contribution in [1.82, 2.24) is 15.1 Å². The van der Waals surface area contributed by atoms with E-state index in [4.69, 9.17) is 10.2 Å². The number of amides is 1. The monoisotopic (exact) mass is 406 g/mol. The first kappa shape index (κ1) is 18.9. The molecule has 154 valence electrons. The molecular weight excluding hydrogens is 383 g/mol. The van der Waals surface area contributed by atoms with Gasteiger partial charge in [-0.3, -0.25) is 9.69 Å². The van der Waals surface area contributed by atoms with Crippen LogP contribution in [0.1, 0.15) is 47.0 Å². The van der Waals surface area contributed by atoms with Crippen LogP contribution in [-0.4, -0.2) is 34.1 Å². The molecule has 1 saturated carbocycles. The summed E-state index contributed by atoms with van der Waals surface area (Å²) in [6.07, 6.45) is 3.25. The fourth-order valence-electron chi connectivity index (χ4n) is 4.55. The van der Waals surface area contributed by atoms with Gasteiger partial charge in [-0.25, -0.2) is 4.39 Å². The van der Waals surface area contributed by atoms with Crippen molar-refractivity contribution in [2.24, 2.45) is 11.1 Å². The Kier molecular flexibility index (Phi) is 4.62. The summed E-state index contributed by atoms with van der Waals surface area (Å²) >= 11 is 0. The third-order valence-corrected chi connectivity index (χ3v) is 6.50. The number of piperidine rings is 1. The number of rotatable bonds is 5. The van der Waals surface area contributed by atoms with Crippen molar-refractivity contribution in [1.29, 1.82) is 0 Å². The van der Waals surface area contributed by atoms with E-state index in [0.717, 1.165) is 38.9 Å². The number of carbonyl (C=O) groups is 1. The van der Waals surface area contributed by atoms with Crippen molar-refractivity contribution < 1.29 is 13.6 Å². The van der Waals surface area contributed by atoms with Crippen LogP contribution in [0.2, 0.25) is 0 Å². The van der Waals surface area contributed by atoms with Gasteiger partial charge in [0.1, 0.15) is 5.82 Å². The van der Waals surface area contributed by atoms with Gasteiger partial charge in [0.05, 0.1) is 0 Å². The number of benzene rings is 2. The number of hydrogen-bond donors (Lipinski definition) is 1. The molecule has 1 aromatic heterocycles. The molecule has 2 fully saturated rings. The number of halogens is 1. The van der Waals surface area contributed by atoms with Gasteiger partial charge >= 0.3 is 0 Å². The maximum Gasteiger partial charge on any atom is 0.248 e. The largest absolute Gasteiger partial charge is 0.420 e. The summed E-state index contributed by atoms with van der Waals surface area (Å²) in [5.41, 5.74) is 7.88. The average molecular weight is 406 g/mol.